The van der Waals surface area contributed by atoms with Crippen LogP contribution in [0.4, 0.5) is 11.4 Å². The topological polar surface area (TPSA) is 95.0 Å². The molecule has 2 N–H and O–H groups in total. The Morgan fingerprint density at radius 1 is 1.09 bits per heavy atom. The largest absolute Gasteiger partial charge is 0.383 e. The molecule has 9 heteroatoms. The Labute approximate surface area is 203 Å². The van der Waals surface area contributed by atoms with Crippen molar-refractivity contribution in [3.8, 4) is 11.3 Å². The van der Waals surface area contributed by atoms with Crippen LogP contribution in [0.3, 0.4) is 0 Å². The number of carbonyl (C=O) groups excluding carboxylic acids is 1. The minimum atomic E-state index is -0.152. The van der Waals surface area contributed by atoms with Gasteiger partial charge in [-0.05, 0) is 42.5 Å². The number of rotatable bonds is 7. The summed E-state index contributed by atoms with van der Waals surface area (Å²) in [6, 6.07) is 14.9. The standard InChI is InChI=1S/C26H28N6O3/c1-35-17-16-30-12-14-31(15-13-30)26(34)19-2-4-21(5-3-19)29-22-6-7-23(32-11-10-28-25(22)32)20-8-9-27-24(33)18-20/h2-11,18,29H,12-17H2,1H3,(H,27,33). The lowest BCUT2D eigenvalue weighted by Crippen LogP contribution is -2.49. The van der Waals surface area contributed by atoms with E-state index in [0.717, 1.165) is 61.0 Å². The van der Waals surface area contributed by atoms with Gasteiger partial charge in [0, 0.05) is 81.3 Å². The molecular weight excluding hydrogens is 444 g/mol. The van der Waals surface area contributed by atoms with Crippen LogP contribution in [0.15, 0.2) is 71.9 Å². The van der Waals surface area contributed by atoms with Gasteiger partial charge in [-0.25, -0.2) is 4.98 Å². The van der Waals surface area contributed by atoms with Gasteiger partial charge in [-0.15, -0.1) is 0 Å². The van der Waals surface area contributed by atoms with Crippen LogP contribution in [0.1, 0.15) is 10.4 Å². The van der Waals surface area contributed by atoms with Gasteiger partial charge in [0.15, 0.2) is 5.65 Å². The Hall–Kier alpha value is -3.95. The highest BCUT2D eigenvalue weighted by Crippen LogP contribution is 2.27. The third kappa shape index (κ3) is 4.96. The summed E-state index contributed by atoms with van der Waals surface area (Å²) in [5, 5.41) is 3.40. The summed E-state index contributed by atoms with van der Waals surface area (Å²) in [4.78, 5) is 36.1. The molecule has 1 aliphatic heterocycles. The van der Waals surface area contributed by atoms with E-state index in [-0.39, 0.29) is 11.5 Å². The quantitative estimate of drug-likeness (QED) is 0.430. The lowest BCUT2D eigenvalue weighted by Gasteiger charge is -2.34. The van der Waals surface area contributed by atoms with E-state index >= 15 is 0 Å². The van der Waals surface area contributed by atoms with Crippen molar-refractivity contribution in [3.05, 3.63) is 83.0 Å². The van der Waals surface area contributed by atoms with Crippen molar-refractivity contribution >= 4 is 22.9 Å². The number of hydrogen-bond donors (Lipinski definition) is 2. The molecule has 35 heavy (non-hydrogen) atoms. The number of amides is 1. The van der Waals surface area contributed by atoms with E-state index in [2.05, 4.69) is 20.2 Å². The number of nitrogens with one attached hydrogen (secondary N) is 2. The number of anilines is 2. The smallest absolute Gasteiger partial charge is 0.253 e. The summed E-state index contributed by atoms with van der Waals surface area (Å²) < 4.78 is 7.09. The molecule has 0 saturated carbocycles. The predicted molar refractivity (Wildman–Crippen MR) is 135 cm³/mol. The lowest BCUT2D eigenvalue weighted by molar-refractivity contribution is 0.0594. The molecule has 0 atom stereocenters. The number of aromatic amines is 1. The molecule has 5 rings (SSSR count). The molecule has 1 saturated heterocycles. The second-order valence-corrected chi connectivity index (χ2v) is 8.52. The van der Waals surface area contributed by atoms with Crippen molar-refractivity contribution in [3.63, 3.8) is 0 Å². The number of piperazine rings is 1. The van der Waals surface area contributed by atoms with Crippen LogP contribution < -0.4 is 10.9 Å². The van der Waals surface area contributed by atoms with Crippen LogP contribution >= 0.6 is 0 Å². The van der Waals surface area contributed by atoms with Crippen LogP contribution in [0, 0.1) is 0 Å². The van der Waals surface area contributed by atoms with E-state index in [0.29, 0.717) is 12.2 Å². The highest BCUT2D eigenvalue weighted by atomic mass is 16.5. The Kier molecular flexibility index (Phi) is 6.60. The molecule has 1 aliphatic rings. The van der Waals surface area contributed by atoms with E-state index < -0.39 is 0 Å². The van der Waals surface area contributed by atoms with E-state index in [9.17, 15) is 9.59 Å². The summed E-state index contributed by atoms with van der Waals surface area (Å²) in [7, 11) is 1.71. The molecule has 4 heterocycles. The van der Waals surface area contributed by atoms with Crippen molar-refractivity contribution in [1.29, 1.82) is 0 Å². The molecule has 0 bridgehead atoms. The fourth-order valence-electron chi connectivity index (χ4n) is 4.38. The number of imidazole rings is 1. The van der Waals surface area contributed by atoms with Crippen LogP contribution in [0.2, 0.25) is 0 Å². The van der Waals surface area contributed by atoms with Crippen molar-refractivity contribution in [2.24, 2.45) is 0 Å². The number of benzene rings is 1. The minimum Gasteiger partial charge on any atom is -0.383 e. The number of hydrogen-bond acceptors (Lipinski definition) is 6. The number of carbonyl (C=O) groups is 1. The summed E-state index contributed by atoms with van der Waals surface area (Å²) in [5.74, 6) is 0.0563. The van der Waals surface area contributed by atoms with E-state index in [1.807, 2.05) is 58.0 Å². The average Bonchev–Trinajstić information content (AvgIpc) is 3.39. The molecule has 1 amide bonds. The van der Waals surface area contributed by atoms with Crippen molar-refractivity contribution in [2.75, 3.05) is 51.8 Å². The van der Waals surface area contributed by atoms with Crippen LogP contribution in [-0.4, -0.2) is 76.5 Å². The first-order chi connectivity index (χ1) is 17.1. The minimum absolute atomic E-state index is 0.0563. The molecule has 1 aromatic carbocycles. The number of aromatic nitrogens is 3. The number of methoxy groups -OCH3 is 1. The first-order valence-corrected chi connectivity index (χ1v) is 11.7. The van der Waals surface area contributed by atoms with E-state index in [1.54, 1.807) is 25.6 Å². The normalized spacial score (nSPS) is 14.4. The van der Waals surface area contributed by atoms with Crippen molar-refractivity contribution < 1.29 is 9.53 Å². The maximum absolute atomic E-state index is 13.0. The molecule has 0 unspecified atom stereocenters. The highest BCUT2D eigenvalue weighted by molar-refractivity contribution is 5.94. The molecule has 4 aromatic rings. The first-order valence-electron chi connectivity index (χ1n) is 11.7. The van der Waals surface area contributed by atoms with Crippen molar-refractivity contribution in [2.45, 2.75) is 0 Å². The zero-order chi connectivity index (χ0) is 24.2. The van der Waals surface area contributed by atoms with Gasteiger partial charge in [-0.3, -0.25) is 18.9 Å². The zero-order valence-electron chi connectivity index (χ0n) is 19.6. The maximum Gasteiger partial charge on any atom is 0.253 e. The van der Waals surface area contributed by atoms with Crippen LogP contribution in [-0.2, 0) is 4.74 Å². The fourth-order valence-corrected chi connectivity index (χ4v) is 4.38. The number of fused-ring (bicyclic) bond motifs is 1. The van der Waals surface area contributed by atoms with E-state index in [1.165, 1.54) is 0 Å². The predicted octanol–water partition coefficient (Wildman–Crippen LogP) is 2.84. The van der Waals surface area contributed by atoms with Crippen LogP contribution in [0.5, 0.6) is 0 Å². The third-order valence-corrected chi connectivity index (χ3v) is 6.30. The summed E-state index contributed by atoms with van der Waals surface area (Å²) in [6.07, 6.45) is 5.23. The Morgan fingerprint density at radius 3 is 2.63 bits per heavy atom. The van der Waals surface area contributed by atoms with Gasteiger partial charge >= 0.3 is 0 Å². The maximum atomic E-state index is 13.0. The zero-order valence-corrected chi connectivity index (χ0v) is 19.6. The Morgan fingerprint density at radius 2 is 1.89 bits per heavy atom. The second kappa shape index (κ2) is 10.1. The summed E-state index contributed by atoms with van der Waals surface area (Å²) in [6.45, 7) is 4.78. The van der Waals surface area contributed by atoms with Gasteiger partial charge in [0.2, 0.25) is 5.56 Å². The molecule has 1 fully saturated rings. The Bertz CT molecular complexity index is 1370. The number of ether oxygens (including phenoxy) is 1. The van der Waals surface area contributed by atoms with Gasteiger partial charge in [0.05, 0.1) is 18.0 Å². The number of H-pyrrole nitrogens is 1. The second-order valence-electron chi connectivity index (χ2n) is 8.52. The average molecular weight is 473 g/mol. The van der Waals surface area contributed by atoms with Crippen LogP contribution in [0.25, 0.3) is 16.9 Å². The molecule has 180 valence electrons. The monoisotopic (exact) mass is 472 g/mol. The first kappa shape index (κ1) is 22.8. The van der Waals surface area contributed by atoms with Gasteiger partial charge in [-0.1, -0.05) is 0 Å². The molecule has 0 radical (unpaired) electrons. The van der Waals surface area contributed by atoms with E-state index in [4.69, 9.17) is 4.74 Å². The lowest BCUT2D eigenvalue weighted by atomic mass is 10.1. The van der Waals surface area contributed by atoms with Gasteiger partial charge < -0.3 is 19.9 Å². The molecule has 3 aromatic heterocycles. The molecule has 0 spiro atoms. The molecule has 9 nitrogen and oxygen atoms in total. The molecular formula is C26H28N6O3. The van der Waals surface area contributed by atoms with Gasteiger partial charge in [0.25, 0.3) is 5.91 Å². The number of nitrogens with zero attached hydrogens (tertiary/aromatic N) is 4. The highest BCUT2D eigenvalue weighted by Gasteiger charge is 2.22. The van der Waals surface area contributed by atoms with Gasteiger partial charge in [0.1, 0.15) is 0 Å². The third-order valence-electron chi connectivity index (χ3n) is 6.30. The molecule has 0 aliphatic carbocycles. The summed E-state index contributed by atoms with van der Waals surface area (Å²) in [5.41, 5.74) is 4.64. The Balaban J connectivity index is 1.28. The fraction of sp³-hybridized carbons (Fsp3) is 0.269. The SMILES string of the molecule is COCCN1CCN(C(=O)c2ccc(Nc3ccc(-c4cc[nH]c(=O)c4)n4ccnc34)cc2)CC1. The summed E-state index contributed by atoms with van der Waals surface area (Å²) >= 11 is 0. The van der Waals surface area contributed by atoms with Crippen molar-refractivity contribution in [1.82, 2.24) is 24.2 Å². The number of pyridine rings is 2. The van der Waals surface area contributed by atoms with Gasteiger partial charge in [-0.2, -0.15) is 0 Å².